The topological polar surface area (TPSA) is 32.9 Å². The zero-order chi connectivity index (χ0) is 6.97. The second-order valence-corrected chi connectivity index (χ2v) is 2.88. The van der Waals surface area contributed by atoms with Crippen LogP contribution in [0.15, 0.2) is 29.1 Å². The molecule has 1 aromatic carbocycles. The van der Waals surface area contributed by atoms with Crippen molar-refractivity contribution in [2.75, 3.05) is 0 Å². The molecule has 2 aromatic rings. The molecule has 0 aliphatic heterocycles. The van der Waals surface area contributed by atoms with Gasteiger partial charge in [-0.05, 0) is 12.1 Å². The van der Waals surface area contributed by atoms with E-state index >= 15 is 0 Å². The van der Waals surface area contributed by atoms with Crippen molar-refractivity contribution < 1.29 is 29.6 Å². The average molecular weight is 174 g/mol. The molecule has 11 heavy (non-hydrogen) atoms. The summed E-state index contributed by atoms with van der Waals surface area (Å²) < 4.78 is 3.68. The Balaban J connectivity index is 0.000000605. The van der Waals surface area contributed by atoms with Crippen LogP contribution in [0.2, 0.25) is 0 Å². The Kier molecular flexibility index (Phi) is 2.90. The molecule has 0 atom stereocenters. The Morgan fingerprint density at radius 1 is 1.27 bits per heavy atom. The number of H-pyrrole nitrogens is 1. The van der Waals surface area contributed by atoms with Crippen molar-refractivity contribution in [2.24, 2.45) is 0 Å². The third kappa shape index (κ3) is 1.56. The minimum Gasteiger partial charge on any atom is -0.277 e. The third-order valence-corrected chi connectivity index (χ3v) is 2.25. The standard InChI is InChI=1S/C7H5NOS.Na/c9-7-5-3-1-2-4-6(5)10-8-7;/h1-4H,(H,8,9);/q;+1. The molecular weight excluding hydrogens is 169 g/mol. The van der Waals surface area contributed by atoms with Crippen LogP contribution in [-0.2, 0) is 0 Å². The molecular formula is C7H5NNaOS+. The minimum absolute atomic E-state index is 0. The summed E-state index contributed by atoms with van der Waals surface area (Å²) in [6.07, 6.45) is 0. The molecule has 0 saturated carbocycles. The molecule has 0 unspecified atom stereocenters. The molecule has 50 valence electrons. The van der Waals surface area contributed by atoms with E-state index in [9.17, 15) is 4.79 Å². The molecule has 2 nitrogen and oxygen atoms in total. The van der Waals surface area contributed by atoms with Gasteiger partial charge in [-0.1, -0.05) is 23.7 Å². The second-order valence-electron chi connectivity index (χ2n) is 2.03. The fourth-order valence-electron chi connectivity index (χ4n) is 0.900. The van der Waals surface area contributed by atoms with Crippen molar-refractivity contribution in [1.82, 2.24) is 4.37 Å². The number of hydrogen-bond donors (Lipinski definition) is 1. The second kappa shape index (κ2) is 3.54. The van der Waals surface area contributed by atoms with Crippen molar-refractivity contribution in [3.8, 4) is 0 Å². The number of rotatable bonds is 0. The van der Waals surface area contributed by atoms with Crippen LogP contribution in [0, 0.1) is 0 Å². The van der Waals surface area contributed by atoms with E-state index in [-0.39, 0.29) is 35.1 Å². The summed E-state index contributed by atoms with van der Waals surface area (Å²) in [5.74, 6) is 0. The molecule has 0 saturated heterocycles. The van der Waals surface area contributed by atoms with E-state index in [1.807, 2.05) is 24.3 Å². The largest absolute Gasteiger partial charge is 1.00 e. The molecule has 0 aliphatic rings. The Morgan fingerprint density at radius 2 is 2.00 bits per heavy atom. The molecule has 0 amide bonds. The summed E-state index contributed by atoms with van der Waals surface area (Å²) in [6.45, 7) is 0. The SMILES string of the molecule is O=c1[nH]sc2ccccc12.[Na+]. The molecule has 4 heteroatoms. The fraction of sp³-hybridized carbons (Fsp3) is 0. The summed E-state index contributed by atoms with van der Waals surface area (Å²) in [5.41, 5.74) is 0.0144. The first-order valence-electron chi connectivity index (χ1n) is 2.94. The summed E-state index contributed by atoms with van der Waals surface area (Å²) in [7, 11) is 0. The van der Waals surface area contributed by atoms with Crippen molar-refractivity contribution in [3.05, 3.63) is 34.6 Å². The van der Waals surface area contributed by atoms with E-state index in [1.54, 1.807) is 0 Å². The molecule has 1 N–H and O–H groups in total. The first kappa shape index (κ1) is 9.00. The van der Waals surface area contributed by atoms with E-state index in [2.05, 4.69) is 4.37 Å². The van der Waals surface area contributed by atoms with Gasteiger partial charge >= 0.3 is 29.6 Å². The summed E-state index contributed by atoms with van der Waals surface area (Å²) in [6, 6.07) is 7.54. The zero-order valence-corrected chi connectivity index (χ0v) is 8.94. The number of fused-ring (bicyclic) bond motifs is 1. The fourth-order valence-corrected chi connectivity index (χ4v) is 1.63. The van der Waals surface area contributed by atoms with Gasteiger partial charge in [0.25, 0.3) is 5.56 Å². The Morgan fingerprint density at radius 3 is 2.73 bits per heavy atom. The van der Waals surface area contributed by atoms with E-state index < -0.39 is 0 Å². The van der Waals surface area contributed by atoms with E-state index in [0.717, 1.165) is 10.1 Å². The van der Waals surface area contributed by atoms with Gasteiger partial charge in [-0.2, -0.15) is 0 Å². The van der Waals surface area contributed by atoms with E-state index in [4.69, 9.17) is 0 Å². The smallest absolute Gasteiger partial charge is 0.277 e. The normalized spacial score (nSPS) is 9.45. The first-order chi connectivity index (χ1) is 4.88. The minimum atomic E-state index is 0. The third-order valence-electron chi connectivity index (χ3n) is 1.39. The first-order valence-corrected chi connectivity index (χ1v) is 3.76. The summed E-state index contributed by atoms with van der Waals surface area (Å²) in [4.78, 5) is 10.9. The quantitative estimate of drug-likeness (QED) is 0.489. The van der Waals surface area contributed by atoms with Crippen molar-refractivity contribution in [2.45, 2.75) is 0 Å². The maximum Gasteiger partial charge on any atom is 1.00 e. The predicted octanol–water partition coefficient (Wildman–Crippen LogP) is -1.41. The Hall–Kier alpha value is -0.0900. The van der Waals surface area contributed by atoms with Gasteiger partial charge < -0.3 is 0 Å². The van der Waals surface area contributed by atoms with Gasteiger partial charge in [-0.15, -0.1) is 0 Å². The molecule has 0 radical (unpaired) electrons. The van der Waals surface area contributed by atoms with Crippen LogP contribution >= 0.6 is 11.5 Å². The number of aromatic amines is 1. The van der Waals surface area contributed by atoms with E-state index in [0.29, 0.717) is 0 Å². The van der Waals surface area contributed by atoms with Crippen molar-refractivity contribution in [3.63, 3.8) is 0 Å². The monoisotopic (exact) mass is 174 g/mol. The van der Waals surface area contributed by atoms with Crippen LogP contribution in [-0.4, -0.2) is 4.37 Å². The number of aromatic nitrogens is 1. The van der Waals surface area contributed by atoms with Crippen LogP contribution in [0.5, 0.6) is 0 Å². The molecule has 2 rings (SSSR count). The molecule has 1 aromatic heterocycles. The van der Waals surface area contributed by atoms with Gasteiger partial charge in [0.2, 0.25) is 0 Å². The van der Waals surface area contributed by atoms with Crippen LogP contribution in [0.4, 0.5) is 0 Å². The van der Waals surface area contributed by atoms with Crippen LogP contribution in [0.1, 0.15) is 0 Å². The van der Waals surface area contributed by atoms with Crippen LogP contribution in [0.25, 0.3) is 10.1 Å². The zero-order valence-electron chi connectivity index (χ0n) is 6.13. The van der Waals surface area contributed by atoms with Crippen LogP contribution < -0.4 is 35.1 Å². The number of benzene rings is 1. The maximum absolute atomic E-state index is 10.9. The molecule has 0 fully saturated rings. The van der Waals surface area contributed by atoms with Crippen molar-refractivity contribution in [1.29, 1.82) is 0 Å². The molecule has 0 bridgehead atoms. The van der Waals surface area contributed by atoms with Crippen molar-refractivity contribution >= 4 is 21.6 Å². The summed E-state index contributed by atoms with van der Waals surface area (Å²) >= 11 is 1.38. The van der Waals surface area contributed by atoms with Gasteiger partial charge in [-0.25, -0.2) is 0 Å². The Bertz CT molecular complexity index is 406. The van der Waals surface area contributed by atoms with Gasteiger partial charge in [0.15, 0.2) is 0 Å². The van der Waals surface area contributed by atoms with E-state index in [1.165, 1.54) is 11.5 Å². The Labute approximate surface area is 89.7 Å². The number of nitrogens with one attached hydrogen (secondary N) is 1. The van der Waals surface area contributed by atoms with Crippen LogP contribution in [0.3, 0.4) is 0 Å². The average Bonchev–Trinajstić information content (AvgIpc) is 2.34. The molecule has 1 heterocycles. The van der Waals surface area contributed by atoms with Gasteiger partial charge in [0, 0.05) is 0 Å². The van der Waals surface area contributed by atoms with Gasteiger partial charge in [-0.3, -0.25) is 9.17 Å². The van der Waals surface area contributed by atoms with Gasteiger partial charge in [0.1, 0.15) is 0 Å². The number of hydrogen-bond acceptors (Lipinski definition) is 2. The van der Waals surface area contributed by atoms with Gasteiger partial charge in [0.05, 0.1) is 10.1 Å². The molecule has 0 aliphatic carbocycles. The maximum atomic E-state index is 10.9. The molecule has 0 spiro atoms. The predicted molar refractivity (Wildman–Crippen MR) is 42.4 cm³/mol. The summed E-state index contributed by atoms with van der Waals surface area (Å²) in [5, 5.41) is 0.785.